The molecule has 3 rings (SSSR count). The molecule has 25 heavy (non-hydrogen) atoms. The minimum Gasteiger partial charge on any atom is -0.497 e. The van der Waals surface area contributed by atoms with Gasteiger partial charge < -0.3 is 24.4 Å². The number of anilines is 1. The molecule has 1 aliphatic rings. The van der Waals surface area contributed by atoms with Gasteiger partial charge in [0.15, 0.2) is 0 Å². The Morgan fingerprint density at radius 2 is 2.04 bits per heavy atom. The molecule has 2 aromatic carbocycles. The number of fused-ring (bicyclic) bond motifs is 1. The van der Waals surface area contributed by atoms with Gasteiger partial charge in [-0.05, 0) is 30.3 Å². The normalized spacial score (nSPS) is 13.3. The van der Waals surface area contributed by atoms with Gasteiger partial charge in [-0.1, -0.05) is 11.6 Å². The fourth-order valence-corrected chi connectivity index (χ4v) is 2.84. The summed E-state index contributed by atoms with van der Waals surface area (Å²) in [5.74, 6) is 1.94. The molecule has 1 heterocycles. The van der Waals surface area contributed by atoms with E-state index in [1.54, 1.807) is 43.4 Å². The zero-order valence-corrected chi connectivity index (χ0v) is 14.8. The van der Waals surface area contributed by atoms with Gasteiger partial charge in [0.1, 0.15) is 23.9 Å². The van der Waals surface area contributed by atoms with Crippen molar-refractivity contribution in [1.29, 1.82) is 0 Å². The van der Waals surface area contributed by atoms with Crippen LogP contribution < -0.4 is 19.5 Å². The minimum atomic E-state index is -0.247. The summed E-state index contributed by atoms with van der Waals surface area (Å²) >= 11 is 6.05. The fraction of sp³-hybridized carbons (Fsp3) is 0.278. The SMILES string of the molecule is COc1ccc(OC)c(NC(=O)N2CCOc3ccc(Cl)cc3C2)c1. The summed E-state index contributed by atoms with van der Waals surface area (Å²) < 4.78 is 16.2. The Morgan fingerprint density at radius 3 is 2.80 bits per heavy atom. The number of hydrogen-bond acceptors (Lipinski definition) is 4. The third-order valence-corrected chi connectivity index (χ3v) is 4.17. The van der Waals surface area contributed by atoms with E-state index in [0.717, 1.165) is 11.3 Å². The topological polar surface area (TPSA) is 60.0 Å². The van der Waals surface area contributed by atoms with Crippen LogP contribution in [0.25, 0.3) is 0 Å². The van der Waals surface area contributed by atoms with Crippen LogP contribution in [0.15, 0.2) is 36.4 Å². The zero-order chi connectivity index (χ0) is 17.8. The van der Waals surface area contributed by atoms with E-state index in [4.69, 9.17) is 25.8 Å². The number of amides is 2. The lowest BCUT2D eigenvalue weighted by Crippen LogP contribution is -2.36. The molecule has 0 saturated carbocycles. The number of nitrogens with zero attached hydrogens (tertiary/aromatic N) is 1. The van der Waals surface area contributed by atoms with Crippen molar-refractivity contribution < 1.29 is 19.0 Å². The minimum absolute atomic E-state index is 0.247. The molecule has 6 nitrogen and oxygen atoms in total. The average molecular weight is 363 g/mol. The van der Waals surface area contributed by atoms with Gasteiger partial charge >= 0.3 is 6.03 Å². The molecule has 132 valence electrons. The molecule has 0 unspecified atom stereocenters. The first-order valence-electron chi connectivity index (χ1n) is 7.80. The van der Waals surface area contributed by atoms with E-state index in [1.807, 2.05) is 12.1 Å². The highest BCUT2D eigenvalue weighted by atomic mass is 35.5. The summed E-state index contributed by atoms with van der Waals surface area (Å²) in [4.78, 5) is 14.4. The first-order valence-corrected chi connectivity index (χ1v) is 8.17. The maximum atomic E-state index is 12.7. The maximum absolute atomic E-state index is 12.7. The number of benzene rings is 2. The number of ether oxygens (including phenoxy) is 3. The second kappa shape index (κ2) is 7.53. The van der Waals surface area contributed by atoms with Crippen molar-refractivity contribution in [2.75, 3.05) is 32.7 Å². The molecule has 0 atom stereocenters. The molecule has 0 aromatic heterocycles. The number of methoxy groups -OCH3 is 2. The van der Waals surface area contributed by atoms with Crippen LogP contribution >= 0.6 is 11.6 Å². The van der Waals surface area contributed by atoms with Crippen LogP contribution in [0.1, 0.15) is 5.56 Å². The first kappa shape index (κ1) is 17.2. The van der Waals surface area contributed by atoms with Gasteiger partial charge in [-0.3, -0.25) is 0 Å². The van der Waals surface area contributed by atoms with Crippen molar-refractivity contribution >= 4 is 23.3 Å². The van der Waals surface area contributed by atoms with Crippen molar-refractivity contribution in [1.82, 2.24) is 4.90 Å². The second-order valence-corrected chi connectivity index (χ2v) is 5.95. The van der Waals surface area contributed by atoms with Crippen LogP contribution in [0.5, 0.6) is 17.2 Å². The van der Waals surface area contributed by atoms with Crippen molar-refractivity contribution in [2.45, 2.75) is 6.54 Å². The molecule has 2 aromatic rings. The quantitative estimate of drug-likeness (QED) is 0.902. The lowest BCUT2D eigenvalue weighted by Gasteiger charge is -2.21. The molecule has 2 amide bonds. The van der Waals surface area contributed by atoms with E-state index in [9.17, 15) is 4.79 Å². The summed E-state index contributed by atoms with van der Waals surface area (Å²) in [7, 11) is 3.12. The van der Waals surface area contributed by atoms with Crippen LogP contribution in [0, 0.1) is 0 Å². The van der Waals surface area contributed by atoms with E-state index >= 15 is 0 Å². The van der Waals surface area contributed by atoms with Crippen molar-refractivity contribution in [2.24, 2.45) is 0 Å². The molecule has 0 radical (unpaired) electrons. The molecular weight excluding hydrogens is 344 g/mol. The highest BCUT2D eigenvalue weighted by molar-refractivity contribution is 6.30. The molecule has 0 spiro atoms. The van der Waals surface area contributed by atoms with Crippen LogP contribution in [0.4, 0.5) is 10.5 Å². The number of nitrogens with one attached hydrogen (secondary N) is 1. The van der Waals surface area contributed by atoms with Gasteiger partial charge in [0.2, 0.25) is 0 Å². The smallest absolute Gasteiger partial charge is 0.322 e. The summed E-state index contributed by atoms with van der Waals surface area (Å²) in [6, 6.07) is 10.4. The molecule has 7 heteroatoms. The van der Waals surface area contributed by atoms with Crippen LogP contribution in [-0.4, -0.2) is 38.3 Å². The van der Waals surface area contributed by atoms with Gasteiger partial charge in [-0.25, -0.2) is 4.79 Å². The van der Waals surface area contributed by atoms with Gasteiger partial charge in [0, 0.05) is 16.7 Å². The third-order valence-electron chi connectivity index (χ3n) is 3.94. The Bertz CT molecular complexity index is 782. The highest BCUT2D eigenvalue weighted by Crippen LogP contribution is 2.30. The van der Waals surface area contributed by atoms with Gasteiger partial charge in [-0.15, -0.1) is 0 Å². The van der Waals surface area contributed by atoms with E-state index in [2.05, 4.69) is 5.32 Å². The Kier molecular flexibility index (Phi) is 5.19. The Labute approximate surface area is 151 Å². The number of carbonyl (C=O) groups is 1. The van der Waals surface area contributed by atoms with Crippen LogP contribution in [0.2, 0.25) is 5.02 Å². The van der Waals surface area contributed by atoms with E-state index in [-0.39, 0.29) is 6.03 Å². The predicted octanol–water partition coefficient (Wildman–Crippen LogP) is 3.78. The fourth-order valence-electron chi connectivity index (χ4n) is 2.64. The van der Waals surface area contributed by atoms with Gasteiger partial charge in [0.25, 0.3) is 0 Å². The predicted molar refractivity (Wildman–Crippen MR) is 95.9 cm³/mol. The third kappa shape index (κ3) is 3.91. The average Bonchev–Trinajstić information content (AvgIpc) is 2.83. The highest BCUT2D eigenvalue weighted by Gasteiger charge is 2.21. The molecule has 0 bridgehead atoms. The Balaban J connectivity index is 1.79. The standard InChI is InChI=1S/C18H19ClN2O4/c1-23-14-4-6-17(24-2)15(10-14)20-18(22)21-7-8-25-16-5-3-13(19)9-12(16)11-21/h3-6,9-10H,7-8,11H2,1-2H3,(H,20,22). The largest absolute Gasteiger partial charge is 0.497 e. The van der Waals surface area contributed by atoms with Crippen molar-refractivity contribution in [3.05, 3.63) is 47.0 Å². The van der Waals surface area contributed by atoms with Gasteiger partial charge in [-0.2, -0.15) is 0 Å². The summed E-state index contributed by atoms with van der Waals surface area (Å²) in [5, 5.41) is 3.48. The Hall–Kier alpha value is -2.60. The van der Waals surface area contributed by atoms with Crippen LogP contribution in [-0.2, 0) is 6.54 Å². The van der Waals surface area contributed by atoms with E-state index in [0.29, 0.717) is 41.9 Å². The lowest BCUT2D eigenvalue weighted by molar-refractivity contribution is 0.200. The number of hydrogen-bond donors (Lipinski definition) is 1. The number of carbonyl (C=O) groups excluding carboxylic acids is 1. The number of halogens is 1. The van der Waals surface area contributed by atoms with Gasteiger partial charge in [0.05, 0.1) is 33.0 Å². The first-order chi connectivity index (χ1) is 12.1. The van der Waals surface area contributed by atoms with E-state index in [1.165, 1.54) is 0 Å². The van der Waals surface area contributed by atoms with E-state index < -0.39 is 0 Å². The maximum Gasteiger partial charge on any atom is 0.322 e. The van der Waals surface area contributed by atoms with Crippen molar-refractivity contribution in [3.63, 3.8) is 0 Å². The molecular formula is C18H19ClN2O4. The zero-order valence-electron chi connectivity index (χ0n) is 14.0. The second-order valence-electron chi connectivity index (χ2n) is 5.52. The summed E-state index contributed by atoms with van der Waals surface area (Å²) in [6.45, 7) is 1.29. The number of rotatable bonds is 3. The number of urea groups is 1. The Morgan fingerprint density at radius 1 is 1.20 bits per heavy atom. The lowest BCUT2D eigenvalue weighted by atomic mass is 10.2. The monoisotopic (exact) mass is 362 g/mol. The molecule has 0 saturated heterocycles. The molecule has 1 aliphatic heterocycles. The van der Waals surface area contributed by atoms with Crippen molar-refractivity contribution in [3.8, 4) is 17.2 Å². The molecule has 0 fully saturated rings. The molecule has 0 aliphatic carbocycles. The summed E-state index contributed by atoms with van der Waals surface area (Å²) in [6.07, 6.45) is 0. The molecule has 1 N–H and O–H groups in total. The van der Waals surface area contributed by atoms with Crippen LogP contribution in [0.3, 0.4) is 0 Å². The summed E-state index contributed by atoms with van der Waals surface area (Å²) in [5.41, 5.74) is 1.42.